The number of hydrogen-bond donors (Lipinski definition) is 1. The Kier molecular flexibility index (Phi) is 4.58. The summed E-state index contributed by atoms with van der Waals surface area (Å²) in [6.45, 7) is 0.662. The van der Waals surface area contributed by atoms with Crippen molar-refractivity contribution in [2.75, 3.05) is 0 Å². The van der Waals surface area contributed by atoms with Gasteiger partial charge in [0.15, 0.2) is 0 Å². The smallest absolute Gasteiger partial charge is 0.139 e. The monoisotopic (exact) mass is 315 g/mol. The van der Waals surface area contributed by atoms with Crippen LogP contribution in [0.15, 0.2) is 60.7 Å². The molecule has 0 amide bonds. The molecule has 1 fully saturated rings. The average molecular weight is 315 g/mol. The molecule has 1 saturated heterocycles. The zero-order valence-electron chi connectivity index (χ0n) is 11.6. The number of benzene rings is 2. The minimum Gasteiger partial charge on any atom is -0.374 e. The molecule has 2 nitrogen and oxygen atoms in total. The lowest BCUT2D eigenvalue weighted by Crippen LogP contribution is -2.41. The van der Waals surface area contributed by atoms with E-state index in [2.05, 4.69) is 24.3 Å². The van der Waals surface area contributed by atoms with Crippen LogP contribution in [0.4, 0.5) is 0 Å². The summed E-state index contributed by atoms with van der Waals surface area (Å²) in [4.78, 5) is 1.91. The summed E-state index contributed by atoms with van der Waals surface area (Å²) < 4.78 is 0.770. The Balaban J connectivity index is 1.72. The van der Waals surface area contributed by atoms with Gasteiger partial charge >= 0.3 is 0 Å². The van der Waals surface area contributed by atoms with Crippen molar-refractivity contribution in [1.82, 2.24) is 4.90 Å². The molecule has 2 atom stereocenters. The highest BCUT2D eigenvalue weighted by Gasteiger charge is 2.31. The van der Waals surface area contributed by atoms with Crippen molar-refractivity contribution in [3.05, 3.63) is 71.8 Å². The van der Waals surface area contributed by atoms with E-state index in [1.165, 1.54) is 5.56 Å². The summed E-state index contributed by atoms with van der Waals surface area (Å²) in [5.74, 6) is 0. The summed E-state index contributed by atoms with van der Waals surface area (Å²) in [5, 5.41) is 10.7. The van der Waals surface area contributed by atoms with Crippen molar-refractivity contribution in [2.24, 2.45) is 0 Å². The van der Waals surface area contributed by atoms with E-state index in [1.807, 2.05) is 41.3 Å². The molecule has 1 aliphatic heterocycles. The van der Waals surface area contributed by atoms with Crippen molar-refractivity contribution in [2.45, 2.75) is 24.4 Å². The van der Waals surface area contributed by atoms with E-state index in [9.17, 15) is 5.11 Å². The Morgan fingerprint density at radius 1 is 1.05 bits per heavy atom. The second-order valence-corrected chi connectivity index (χ2v) is 6.95. The Bertz CT molecular complexity index is 603. The molecule has 108 valence electrons. The number of aliphatic hydroxyl groups is 1. The molecule has 3 rings (SSSR count). The van der Waals surface area contributed by atoms with Crippen molar-refractivity contribution in [1.29, 1.82) is 0 Å². The van der Waals surface area contributed by atoms with Gasteiger partial charge in [-0.15, -0.1) is 0 Å². The molecule has 21 heavy (non-hydrogen) atoms. The molecular weight excluding hydrogens is 298 g/mol. The van der Waals surface area contributed by atoms with E-state index in [-0.39, 0.29) is 5.25 Å². The minimum absolute atomic E-state index is 0.237. The van der Waals surface area contributed by atoms with Gasteiger partial charge in [0.2, 0.25) is 0 Å². The molecule has 0 saturated carbocycles. The fraction of sp³-hybridized carbons (Fsp3) is 0.235. The lowest BCUT2D eigenvalue weighted by Gasteiger charge is -2.38. The van der Waals surface area contributed by atoms with E-state index in [1.54, 1.807) is 11.8 Å². The summed E-state index contributed by atoms with van der Waals surface area (Å²) in [5.41, 5.74) is 2.39. The first-order valence-electron chi connectivity index (χ1n) is 6.98. The molecule has 2 unspecified atom stereocenters. The zero-order chi connectivity index (χ0) is 14.7. The topological polar surface area (TPSA) is 23.5 Å². The van der Waals surface area contributed by atoms with Gasteiger partial charge in [-0.3, -0.25) is 0 Å². The van der Waals surface area contributed by atoms with Crippen LogP contribution >= 0.6 is 24.0 Å². The van der Waals surface area contributed by atoms with Crippen LogP contribution in [0.25, 0.3) is 0 Å². The predicted molar refractivity (Wildman–Crippen MR) is 92.0 cm³/mol. The maximum absolute atomic E-state index is 10.5. The molecule has 1 heterocycles. The third kappa shape index (κ3) is 3.46. The largest absolute Gasteiger partial charge is 0.374 e. The van der Waals surface area contributed by atoms with Crippen molar-refractivity contribution < 1.29 is 5.11 Å². The first-order valence-corrected chi connectivity index (χ1v) is 8.27. The SMILES string of the molecule is OC1CC(c2ccccc2)SC(=S)N1Cc1ccccc1. The van der Waals surface area contributed by atoms with Crippen LogP contribution in [-0.2, 0) is 6.54 Å². The third-order valence-corrected chi connectivity index (χ3v) is 5.34. The van der Waals surface area contributed by atoms with Gasteiger partial charge in [0, 0.05) is 18.2 Å². The van der Waals surface area contributed by atoms with Crippen LogP contribution in [0, 0.1) is 0 Å². The Hall–Kier alpha value is -1.36. The molecule has 0 radical (unpaired) electrons. The molecule has 0 aromatic heterocycles. The van der Waals surface area contributed by atoms with Gasteiger partial charge in [-0.25, -0.2) is 0 Å². The van der Waals surface area contributed by atoms with E-state index < -0.39 is 6.23 Å². The van der Waals surface area contributed by atoms with E-state index in [0.29, 0.717) is 13.0 Å². The van der Waals surface area contributed by atoms with Gasteiger partial charge in [-0.05, 0) is 11.1 Å². The second kappa shape index (κ2) is 6.60. The molecule has 2 aromatic rings. The maximum atomic E-state index is 10.5. The molecule has 0 spiro atoms. The van der Waals surface area contributed by atoms with Gasteiger partial charge < -0.3 is 10.0 Å². The van der Waals surface area contributed by atoms with E-state index in [4.69, 9.17) is 12.2 Å². The summed E-state index contributed by atoms with van der Waals surface area (Å²) in [6, 6.07) is 20.4. The third-order valence-electron chi connectivity index (χ3n) is 3.63. The molecule has 2 aromatic carbocycles. The highest BCUT2D eigenvalue weighted by molar-refractivity contribution is 8.23. The fourth-order valence-corrected chi connectivity index (χ4v) is 4.16. The predicted octanol–water partition coefficient (Wildman–Crippen LogP) is 3.97. The Morgan fingerprint density at radius 2 is 1.67 bits per heavy atom. The number of hydrogen-bond acceptors (Lipinski definition) is 3. The number of thiocarbonyl (C=S) groups is 1. The fourth-order valence-electron chi connectivity index (χ4n) is 2.50. The van der Waals surface area contributed by atoms with Crippen molar-refractivity contribution in [3.8, 4) is 0 Å². The van der Waals surface area contributed by atoms with Gasteiger partial charge in [0.25, 0.3) is 0 Å². The minimum atomic E-state index is -0.524. The van der Waals surface area contributed by atoms with Gasteiger partial charge in [0.1, 0.15) is 10.5 Å². The first-order chi connectivity index (χ1) is 10.2. The van der Waals surface area contributed by atoms with Gasteiger partial charge in [0.05, 0.1) is 0 Å². The number of aliphatic hydroxyl groups excluding tert-OH is 1. The van der Waals surface area contributed by atoms with Crippen LogP contribution in [0.1, 0.15) is 22.8 Å². The number of rotatable bonds is 3. The van der Waals surface area contributed by atoms with Crippen LogP contribution < -0.4 is 0 Å². The number of thioether (sulfide) groups is 1. The summed E-state index contributed by atoms with van der Waals surface area (Å²) in [7, 11) is 0. The lowest BCUT2D eigenvalue weighted by atomic mass is 10.1. The lowest BCUT2D eigenvalue weighted by molar-refractivity contribution is 0.0417. The Labute approximate surface area is 134 Å². The molecular formula is C17H17NOS2. The molecule has 1 N–H and O–H groups in total. The van der Waals surface area contributed by atoms with Crippen LogP contribution in [-0.4, -0.2) is 20.6 Å². The van der Waals surface area contributed by atoms with Crippen LogP contribution in [0.5, 0.6) is 0 Å². The molecule has 0 aliphatic carbocycles. The van der Waals surface area contributed by atoms with E-state index in [0.717, 1.165) is 9.88 Å². The highest BCUT2D eigenvalue weighted by atomic mass is 32.2. The average Bonchev–Trinajstić information content (AvgIpc) is 2.52. The standard InChI is InChI=1S/C17H17NOS2/c19-16-11-15(14-9-5-2-6-10-14)21-17(20)18(16)12-13-7-3-1-4-8-13/h1-10,15-16,19H,11-12H2. The van der Waals surface area contributed by atoms with Gasteiger partial charge in [-0.1, -0.05) is 84.6 Å². The molecule has 0 bridgehead atoms. The van der Waals surface area contributed by atoms with E-state index >= 15 is 0 Å². The van der Waals surface area contributed by atoms with Crippen molar-refractivity contribution in [3.63, 3.8) is 0 Å². The normalized spacial score (nSPS) is 22.3. The summed E-state index contributed by atoms with van der Waals surface area (Å²) >= 11 is 7.18. The first kappa shape index (κ1) is 14.6. The highest BCUT2D eigenvalue weighted by Crippen LogP contribution is 2.40. The maximum Gasteiger partial charge on any atom is 0.139 e. The quantitative estimate of drug-likeness (QED) is 0.866. The van der Waals surface area contributed by atoms with Crippen LogP contribution in [0.2, 0.25) is 0 Å². The molecule has 4 heteroatoms. The van der Waals surface area contributed by atoms with Crippen molar-refractivity contribution >= 4 is 28.3 Å². The zero-order valence-corrected chi connectivity index (χ0v) is 13.2. The summed E-state index contributed by atoms with van der Waals surface area (Å²) in [6.07, 6.45) is 0.172. The van der Waals surface area contributed by atoms with Gasteiger partial charge in [-0.2, -0.15) is 0 Å². The number of nitrogens with zero attached hydrogens (tertiary/aromatic N) is 1. The Morgan fingerprint density at radius 3 is 2.29 bits per heavy atom. The second-order valence-electron chi connectivity index (χ2n) is 5.11. The van der Waals surface area contributed by atoms with Crippen LogP contribution in [0.3, 0.4) is 0 Å². The molecule has 1 aliphatic rings.